The molecule has 6 heteroatoms. The summed E-state index contributed by atoms with van der Waals surface area (Å²) in [6.45, 7) is 0. The van der Waals surface area contributed by atoms with Gasteiger partial charge in [-0.3, -0.25) is 0 Å². The molecule has 0 aliphatic carbocycles. The van der Waals surface area contributed by atoms with Crippen molar-refractivity contribution in [1.82, 2.24) is 0 Å². The van der Waals surface area contributed by atoms with E-state index in [1.54, 1.807) is 6.07 Å². The first-order valence-corrected chi connectivity index (χ1v) is 5.86. The standard InChI is InChI=1S/C10H9BrClF3O/c11-9-7(4-2-6-12)3-1-5-8(9)16-10(13,14)15/h1,3,5H,2,4,6H2. The van der Waals surface area contributed by atoms with E-state index < -0.39 is 6.36 Å². The summed E-state index contributed by atoms with van der Waals surface area (Å²) in [6.07, 6.45) is -3.36. The van der Waals surface area contributed by atoms with Crippen molar-refractivity contribution in [2.75, 3.05) is 5.88 Å². The molecule has 1 nitrogen and oxygen atoms in total. The number of rotatable bonds is 4. The predicted octanol–water partition coefficient (Wildman–Crippen LogP) is 4.52. The SMILES string of the molecule is FC(F)(F)Oc1cccc(CCCCl)c1Br. The van der Waals surface area contributed by atoms with Gasteiger partial charge in [-0.05, 0) is 40.4 Å². The van der Waals surface area contributed by atoms with E-state index in [0.29, 0.717) is 23.2 Å². The second kappa shape index (κ2) is 5.77. The summed E-state index contributed by atoms with van der Waals surface area (Å²) in [5, 5.41) is 0. The van der Waals surface area contributed by atoms with Gasteiger partial charge in [0.05, 0.1) is 4.47 Å². The van der Waals surface area contributed by atoms with Gasteiger partial charge < -0.3 is 4.74 Å². The zero-order valence-electron chi connectivity index (χ0n) is 8.15. The third-order valence-electron chi connectivity index (χ3n) is 1.85. The van der Waals surface area contributed by atoms with Crippen molar-refractivity contribution in [2.24, 2.45) is 0 Å². The summed E-state index contributed by atoms with van der Waals surface area (Å²) in [5.41, 5.74) is 0.752. The van der Waals surface area contributed by atoms with E-state index in [1.807, 2.05) is 0 Å². The Kier molecular flexibility index (Phi) is 4.92. The van der Waals surface area contributed by atoms with E-state index in [9.17, 15) is 13.2 Å². The van der Waals surface area contributed by atoms with Gasteiger partial charge in [0.15, 0.2) is 0 Å². The molecule has 0 saturated carbocycles. The van der Waals surface area contributed by atoms with Crippen LogP contribution in [0.25, 0.3) is 0 Å². The van der Waals surface area contributed by atoms with Crippen LogP contribution in [0.2, 0.25) is 0 Å². The molecule has 0 aromatic heterocycles. The molecule has 0 saturated heterocycles. The van der Waals surface area contributed by atoms with Crippen molar-refractivity contribution in [3.63, 3.8) is 0 Å². The molecule has 0 atom stereocenters. The summed E-state index contributed by atoms with van der Waals surface area (Å²) in [6, 6.07) is 4.52. The lowest BCUT2D eigenvalue weighted by atomic mass is 10.1. The molecule has 16 heavy (non-hydrogen) atoms. The van der Waals surface area contributed by atoms with Gasteiger partial charge in [-0.15, -0.1) is 24.8 Å². The largest absolute Gasteiger partial charge is 0.573 e. The van der Waals surface area contributed by atoms with Crippen LogP contribution in [0.15, 0.2) is 22.7 Å². The number of hydrogen-bond donors (Lipinski definition) is 0. The van der Waals surface area contributed by atoms with Gasteiger partial charge >= 0.3 is 6.36 Å². The number of halogens is 5. The van der Waals surface area contributed by atoms with Gasteiger partial charge in [-0.25, -0.2) is 0 Å². The van der Waals surface area contributed by atoms with Gasteiger partial charge in [-0.1, -0.05) is 12.1 Å². The van der Waals surface area contributed by atoms with Crippen molar-refractivity contribution in [3.05, 3.63) is 28.2 Å². The quantitative estimate of drug-likeness (QED) is 0.742. The second-order valence-electron chi connectivity index (χ2n) is 3.07. The number of benzene rings is 1. The maximum Gasteiger partial charge on any atom is 0.573 e. The molecule has 0 aliphatic heterocycles. The lowest BCUT2D eigenvalue weighted by Crippen LogP contribution is -2.17. The average Bonchev–Trinajstić information content (AvgIpc) is 2.17. The minimum atomic E-state index is -4.67. The molecule has 0 unspecified atom stereocenters. The lowest BCUT2D eigenvalue weighted by molar-refractivity contribution is -0.274. The molecule has 0 spiro atoms. The first kappa shape index (κ1) is 13.6. The van der Waals surface area contributed by atoms with Crippen LogP contribution < -0.4 is 4.74 Å². The number of ether oxygens (including phenoxy) is 1. The minimum Gasteiger partial charge on any atom is -0.405 e. The summed E-state index contributed by atoms with van der Waals surface area (Å²) in [7, 11) is 0. The Morgan fingerprint density at radius 1 is 1.31 bits per heavy atom. The zero-order chi connectivity index (χ0) is 12.2. The third-order valence-corrected chi connectivity index (χ3v) is 3.02. The molecule has 0 bridgehead atoms. The van der Waals surface area contributed by atoms with Crippen LogP contribution in [0.4, 0.5) is 13.2 Å². The molecule has 0 N–H and O–H groups in total. The van der Waals surface area contributed by atoms with Gasteiger partial charge in [0, 0.05) is 5.88 Å². The normalized spacial score (nSPS) is 11.6. The summed E-state index contributed by atoms with van der Waals surface area (Å²) in [5.74, 6) is 0.246. The van der Waals surface area contributed by atoms with Crippen LogP contribution in [0.1, 0.15) is 12.0 Å². The third kappa shape index (κ3) is 4.22. The van der Waals surface area contributed by atoms with Crippen molar-refractivity contribution >= 4 is 27.5 Å². The van der Waals surface area contributed by atoms with Crippen LogP contribution in [0.3, 0.4) is 0 Å². The molecule has 0 fully saturated rings. The van der Waals surface area contributed by atoms with E-state index >= 15 is 0 Å². The van der Waals surface area contributed by atoms with Crippen molar-refractivity contribution < 1.29 is 17.9 Å². The highest BCUT2D eigenvalue weighted by molar-refractivity contribution is 9.10. The van der Waals surface area contributed by atoms with Crippen molar-refractivity contribution in [2.45, 2.75) is 19.2 Å². The Labute approximate surface area is 105 Å². The molecule has 1 aromatic carbocycles. The van der Waals surface area contributed by atoms with Crippen LogP contribution in [-0.4, -0.2) is 12.2 Å². The molecule has 0 radical (unpaired) electrons. The molecule has 0 amide bonds. The fourth-order valence-electron chi connectivity index (χ4n) is 1.21. The molecule has 1 rings (SSSR count). The lowest BCUT2D eigenvalue weighted by Gasteiger charge is -2.12. The van der Waals surface area contributed by atoms with Crippen molar-refractivity contribution in [3.8, 4) is 5.75 Å². The number of alkyl halides is 4. The fraction of sp³-hybridized carbons (Fsp3) is 0.400. The highest BCUT2D eigenvalue weighted by Gasteiger charge is 2.32. The Morgan fingerprint density at radius 3 is 2.56 bits per heavy atom. The highest BCUT2D eigenvalue weighted by Crippen LogP contribution is 2.33. The fourth-order valence-corrected chi connectivity index (χ4v) is 1.89. The molecular weight excluding hydrogens is 308 g/mol. The van der Waals surface area contributed by atoms with E-state index in [1.165, 1.54) is 12.1 Å². The Balaban J connectivity index is 2.86. The first-order valence-electron chi connectivity index (χ1n) is 4.53. The minimum absolute atomic E-state index is 0.223. The first-order chi connectivity index (χ1) is 7.44. The van der Waals surface area contributed by atoms with E-state index in [0.717, 1.165) is 5.56 Å². The summed E-state index contributed by atoms with van der Waals surface area (Å²) < 4.78 is 40.3. The maximum atomic E-state index is 12.0. The van der Waals surface area contributed by atoms with Gasteiger partial charge in [-0.2, -0.15) is 0 Å². The Hall–Kier alpha value is -0.420. The van der Waals surface area contributed by atoms with Crippen LogP contribution in [0.5, 0.6) is 5.75 Å². The van der Waals surface area contributed by atoms with Crippen LogP contribution in [-0.2, 0) is 6.42 Å². The van der Waals surface area contributed by atoms with E-state index in [-0.39, 0.29) is 5.75 Å². The monoisotopic (exact) mass is 316 g/mol. The molecule has 1 aromatic rings. The summed E-state index contributed by atoms with van der Waals surface area (Å²) >= 11 is 8.62. The van der Waals surface area contributed by atoms with Crippen LogP contribution in [0, 0.1) is 0 Å². The van der Waals surface area contributed by atoms with Gasteiger partial charge in [0.1, 0.15) is 5.75 Å². The van der Waals surface area contributed by atoms with Crippen molar-refractivity contribution in [1.29, 1.82) is 0 Å². The molecule has 0 aliphatic rings. The number of aryl methyl sites for hydroxylation is 1. The maximum absolute atomic E-state index is 12.0. The molecule has 90 valence electrons. The van der Waals surface area contributed by atoms with Gasteiger partial charge in [0.25, 0.3) is 0 Å². The highest BCUT2D eigenvalue weighted by atomic mass is 79.9. The Morgan fingerprint density at radius 2 is 2.00 bits per heavy atom. The van der Waals surface area contributed by atoms with E-state index in [2.05, 4.69) is 20.7 Å². The van der Waals surface area contributed by atoms with Gasteiger partial charge in [0.2, 0.25) is 0 Å². The molecular formula is C10H9BrClF3O. The zero-order valence-corrected chi connectivity index (χ0v) is 10.5. The Bertz CT molecular complexity index is 354. The molecule has 0 heterocycles. The topological polar surface area (TPSA) is 9.23 Å². The number of hydrogen-bond acceptors (Lipinski definition) is 1. The predicted molar refractivity (Wildman–Crippen MR) is 59.9 cm³/mol. The van der Waals surface area contributed by atoms with E-state index in [4.69, 9.17) is 11.6 Å². The second-order valence-corrected chi connectivity index (χ2v) is 4.24. The average molecular weight is 318 g/mol. The smallest absolute Gasteiger partial charge is 0.405 e. The summed E-state index contributed by atoms with van der Waals surface area (Å²) in [4.78, 5) is 0. The van der Waals surface area contributed by atoms with Crippen LogP contribution >= 0.6 is 27.5 Å².